The summed E-state index contributed by atoms with van der Waals surface area (Å²) in [7, 11) is -0.393. The Balaban J connectivity index is 3.69. The van der Waals surface area contributed by atoms with E-state index in [1.165, 1.54) is 0 Å². The Morgan fingerprint density at radius 1 is 1.11 bits per heavy atom. The smallest absolute Gasteiger partial charge is 0.234 e. The Morgan fingerprint density at radius 3 is 2.22 bits per heavy atom. The number of nitrogens with zero attached hydrogens (tertiary/aromatic N) is 1. The molecule has 0 bridgehead atoms. The molecule has 0 saturated carbocycles. The maximum absolute atomic E-state index is 9.92. The van der Waals surface area contributed by atoms with Crippen LogP contribution in [0.5, 0.6) is 0 Å². The van der Waals surface area contributed by atoms with Crippen molar-refractivity contribution < 1.29 is 14.3 Å². The molecule has 0 atom stereocenters. The first-order chi connectivity index (χ1) is 8.85. The zero-order chi connectivity index (χ0) is 13.5. The van der Waals surface area contributed by atoms with E-state index in [0.717, 1.165) is 51.4 Å². The molecule has 0 aromatic carbocycles. The fourth-order valence-corrected chi connectivity index (χ4v) is 2.99. The lowest BCUT2D eigenvalue weighted by atomic mass is 10.4. The number of hydrogen-bond acceptors (Lipinski definition) is 4. The van der Waals surface area contributed by atoms with Crippen molar-refractivity contribution in [2.45, 2.75) is 57.9 Å². The molecule has 0 aliphatic heterocycles. The Morgan fingerprint density at radius 2 is 1.72 bits per heavy atom. The lowest BCUT2D eigenvalue weighted by Gasteiger charge is -2.18. The van der Waals surface area contributed by atoms with Gasteiger partial charge in [-0.05, 0) is 19.3 Å². The van der Waals surface area contributed by atoms with E-state index in [9.17, 15) is 4.79 Å². The van der Waals surface area contributed by atoms with Gasteiger partial charge in [-0.2, -0.15) is 0 Å². The zero-order valence-corrected chi connectivity index (χ0v) is 13.2. The summed E-state index contributed by atoms with van der Waals surface area (Å²) >= 11 is 0. The number of rotatable bonds is 13. The Hall–Kier alpha value is -0.483. The molecule has 0 saturated heterocycles. The van der Waals surface area contributed by atoms with Gasteiger partial charge < -0.3 is 9.47 Å². The van der Waals surface area contributed by atoms with E-state index in [2.05, 4.69) is 18.8 Å². The minimum atomic E-state index is -0.393. The summed E-state index contributed by atoms with van der Waals surface area (Å²) in [5.41, 5.74) is 0. The maximum atomic E-state index is 9.92. The Kier molecular flexibility index (Phi) is 14.2. The summed E-state index contributed by atoms with van der Waals surface area (Å²) in [6.07, 6.45) is 7.01. The van der Waals surface area contributed by atoms with Gasteiger partial charge in [0.25, 0.3) is 0 Å². The predicted octanol–water partition coefficient (Wildman–Crippen LogP) is 2.22. The van der Waals surface area contributed by atoms with Gasteiger partial charge in [0, 0.05) is 13.2 Å². The number of unbranched alkanes of at least 4 members (excludes halogenated alkanes) is 2. The summed E-state index contributed by atoms with van der Waals surface area (Å²) in [4.78, 5) is 13.5. The average Bonchev–Trinajstić information content (AvgIpc) is 2.38. The lowest BCUT2D eigenvalue weighted by Crippen LogP contribution is -2.25. The van der Waals surface area contributed by atoms with E-state index < -0.39 is 9.52 Å². The largest absolute Gasteiger partial charge is 0.357 e. The summed E-state index contributed by atoms with van der Waals surface area (Å²) in [6, 6.07) is 1.11. The second-order valence-corrected chi connectivity index (χ2v) is 6.30. The third-order valence-corrected chi connectivity index (χ3v) is 4.48. The molecule has 0 N–H and O–H groups in total. The van der Waals surface area contributed by atoms with Crippen LogP contribution >= 0.6 is 0 Å². The van der Waals surface area contributed by atoms with E-state index >= 15 is 0 Å². The van der Waals surface area contributed by atoms with Gasteiger partial charge in [0.15, 0.2) is 0 Å². The molecule has 0 unspecified atom stereocenters. The van der Waals surface area contributed by atoms with Crippen LogP contribution in [0.4, 0.5) is 0 Å². The first-order valence-electron chi connectivity index (χ1n) is 7.12. The fourth-order valence-electron chi connectivity index (χ4n) is 1.48. The Bertz CT molecular complexity index is 210. The quantitative estimate of drug-likeness (QED) is 0.170. The van der Waals surface area contributed by atoms with E-state index in [1.807, 2.05) is 0 Å². The average molecular weight is 273 g/mol. The van der Waals surface area contributed by atoms with Crippen molar-refractivity contribution in [2.24, 2.45) is 4.99 Å². The third-order valence-electron chi connectivity index (χ3n) is 2.63. The first-order valence-corrected chi connectivity index (χ1v) is 8.93. The highest BCUT2D eigenvalue weighted by Crippen LogP contribution is 2.03. The minimum absolute atomic E-state index is 0.0447. The molecule has 0 aromatic rings. The van der Waals surface area contributed by atoms with Gasteiger partial charge in [-0.25, -0.2) is 9.79 Å². The van der Waals surface area contributed by atoms with Crippen molar-refractivity contribution >= 4 is 15.6 Å². The molecule has 0 amide bonds. The fraction of sp³-hybridized carbons (Fsp3) is 0.923. The molecule has 106 valence electrons. The highest BCUT2D eigenvalue weighted by Gasteiger charge is 2.09. The second kappa shape index (κ2) is 14.6. The van der Waals surface area contributed by atoms with E-state index in [4.69, 9.17) is 9.47 Å². The zero-order valence-electron chi connectivity index (χ0n) is 11.8. The molecule has 0 aromatic heterocycles. The highest BCUT2D eigenvalue weighted by molar-refractivity contribution is 6.36. The minimum Gasteiger partial charge on any atom is -0.357 e. The van der Waals surface area contributed by atoms with E-state index in [-0.39, 0.29) is 5.91 Å². The van der Waals surface area contributed by atoms with Crippen molar-refractivity contribution in [2.75, 3.05) is 19.8 Å². The van der Waals surface area contributed by atoms with Crippen LogP contribution < -0.4 is 0 Å². The number of carbonyl (C=O) groups excluding carboxylic acids is 1. The van der Waals surface area contributed by atoms with Crippen LogP contribution in [0, 0.1) is 0 Å². The number of aliphatic imine (C=N–C) groups is 1. The summed E-state index contributed by atoms with van der Waals surface area (Å²) < 4.78 is 11.5. The van der Waals surface area contributed by atoms with Gasteiger partial charge in [0.1, 0.15) is 5.91 Å². The Labute approximate surface area is 113 Å². The molecule has 5 heteroatoms. The SMILES string of the molecule is CCCCOC(OCCCC)[SiH2]CCCN=C=O. The molecule has 0 aliphatic rings. The third kappa shape index (κ3) is 12.0. The highest BCUT2D eigenvalue weighted by atomic mass is 28.2. The molecule has 0 spiro atoms. The number of isocyanates is 1. The van der Waals surface area contributed by atoms with Crippen molar-refractivity contribution in [3.05, 3.63) is 0 Å². The monoisotopic (exact) mass is 273 g/mol. The molecule has 0 rings (SSSR count). The van der Waals surface area contributed by atoms with Gasteiger partial charge in [-0.3, -0.25) is 0 Å². The molecule has 4 nitrogen and oxygen atoms in total. The molecule has 0 fully saturated rings. The van der Waals surface area contributed by atoms with Crippen LogP contribution in [0.2, 0.25) is 6.04 Å². The van der Waals surface area contributed by atoms with Crippen LogP contribution in [0.1, 0.15) is 46.0 Å². The summed E-state index contributed by atoms with van der Waals surface area (Å²) in [5, 5.41) is 0. The number of ether oxygens (including phenoxy) is 2. The molecule has 0 heterocycles. The van der Waals surface area contributed by atoms with Crippen LogP contribution in [-0.4, -0.2) is 41.3 Å². The molecule has 18 heavy (non-hydrogen) atoms. The van der Waals surface area contributed by atoms with Crippen molar-refractivity contribution in [1.82, 2.24) is 0 Å². The maximum Gasteiger partial charge on any atom is 0.234 e. The standard InChI is InChI=1S/C13H27NO3Si/c1-3-5-9-16-13(17-10-6-4-2)18-11-7-8-14-12-15/h13H,3-11,18H2,1-2H3. The summed E-state index contributed by atoms with van der Waals surface area (Å²) in [6.45, 7) is 6.50. The van der Waals surface area contributed by atoms with E-state index in [1.54, 1.807) is 6.08 Å². The van der Waals surface area contributed by atoms with Gasteiger partial charge in [-0.15, -0.1) is 0 Å². The number of hydrogen-bond donors (Lipinski definition) is 0. The van der Waals surface area contributed by atoms with Gasteiger partial charge in [0.2, 0.25) is 6.08 Å². The molecule has 0 aliphatic carbocycles. The van der Waals surface area contributed by atoms with Crippen molar-refractivity contribution in [3.8, 4) is 0 Å². The lowest BCUT2D eigenvalue weighted by molar-refractivity contribution is -0.0920. The topological polar surface area (TPSA) is 47.9 Å². The van der Waals surface area contributed by atoms with Crippen molar-refractivity contribution in [3.63, 3.8) is 0 Å². The summed E-state index contributed by atoms with van der Waals surface area (Å²) in [5.74, 6) is 0.0447. The molecular formula is C13H27NO3Si. The van der Waals surface area contributed by atoms with Crippen LogP contribution in [-0.2, 0) is 14.3 Å². The van der Waals surface area contributed by atoms with E-state index in [0.29, 0.717) is 6.54 Å². The van der Waals surface area contributed by atoms with Crippen molar-refractivity contribution in [1.29, 1.82) is 0 Å². The molecular weight excluding hydrogens is 246 g/mol. The van der Waals surface area contributed by atoms with Crippen LogP contribution in [0.15, 0.2) is 4.99 Å². The normalized spacial score (nSPS) is 11.3. The first kappa shape index (κ1) is 17.5. The molecule has 0 radical (unpaired) electrons. The van der Waals surface area contributed by atoms with Gasteiger partial charge in [0.05, 0.1) is 16.1 Å². The second-order valence-electron chi connectivity index (χ2n) is 4.35. The van der Waals surface area contributed by atoms with Crippen LogP contribution in [0.3, 0.4) is 0 Å². The van der Waals surface area contributed by atoms with Crippen LogP contribution in [0.25, 0.3) is 0 Å². The predicted molar refractivity (Wildman–Crippen MR) is 76.5 cm³/mol. The van der Waals surface area contributed by atoms with Gasteiger partial charge in [-0.1, -0.05) is 32.7 Å². The van der Waals surface area contributed by atoms with Gasteiger partial charge >= 0.3 is 0 Å².